The van der Waals surface area contributed by atoms with Gasteiger partial charge in [0.25, 0.3) is 5.91 Å². The molecule has 0 aliphatic rings. The van der Waals surface area contributed by atoms with Crippen molar-refractivity contribution in [2.24, 2.45) is 0 Å². The molecule has 0 radical (unpaired) electrons. The second-order valence-corrected chi connectivity index (χ2v) is 8.84. The van der Waals surface area contributed by atoms with Gasteiger partial charge < -0.3 is 15.0 Å². The number of fused-ring (bicyclic) bond motifs is 1. The van der Waals surface area contributed by atoms with Crippen LogP contribution in [0, 0.1) is 0 Å². The molecule has 0 unspecified atom stereocenters. The summed E-state index contributed by atoms with van der Waals surface area (Å²) in [7, 11) is 0. The summed E-state index contributed by atoms with van der Waals surface area (Å²) in [4.78, 5) is 39.8. The molecule has 8 heteroatoms. The predicted molar refractivity (Wildman–Crippen MR) is 142 cm³/mol. The standard InChI is InChI=1S/C29H30N4O4/c1-20(12-13-21-8-4-2-5-9-21)30-27(34)16-17-28(35)32-33-29(36)26-19-22-18-24(14-15-25(22)31-26)37-23-10-6-3-7-11-23/h2-11,14-15,18-20,31H,12-13,16-17H2,1H3,(H,30,34)(H,32,35)(H,33,36)/t20-/m1/s1. The molecule has 0 spiro atoms. The Morgan fingerprint density at radius 1 is 0.811 bits per heavy atom. The first-order chi connectivity index (χ1) is 18.0. The van der Waals surface area contributed by atoms with Gasteiger partial charge in [0.2, 0.25) is 11.8 Å². The van der Waals surface area contributed by atoms with Crippen LogP contribution in [-0.2, 0) is 16.0 Å². The molecule has 1 atom stereocenters. The minimum absolute atomic E-state index is 0.00362. The smallest absolute Gasteiger partial charge is 0.286 e. The Bertz CT molecular complexity index is 1350. The third-order valence-corrected chi connectivity index (χ3v) is 5.83. The van der Waals surface area contributed by atoms with Crippen LogP contribution in [0.4, 0.5) is 0 Å². The number of hydrogen-bond acceptors (Lipinski definition) is 4. The summed E-state index contributed by atoms with van der Waals surface area (Å²) >= 11 is 0. The Labute approximate surface area is 215 Å². The average Bonchev–Trinajstić information content (AvgIpc) is 3.34. The lowest BCUT2D eigenvalue weighted by atomic mass is 10.1. The molecule has 190 valence electrons. The molecule has 0 saturated carbocycles. The van der Waals surface area contributed by atoms with Gasteiger partial charge in [0.1, 0.15) is 17.2 Å². The SMILES string of the molecule is C[C@H](CCc1ccccc1)NC(=O)CCC(=O)NNC(=O)c1cc2cc(Oc3ccccc3)ccc2[nH]1. The van der Waals surface area contributed by atoms with E-state index in [4.69, 9.17) is 4.74 Å². The van der Waals surface area contributed by atoms with Crippen LogP contribution in [0.25, 0.3) is 10.9 Å². The van der Waals surface area contributed by atoms with Gasteiger partial charge in [0.15, 0.2) is 0 Å². The van der Waals surface area contributed by atoms with Crippen LogP contribution in [0.15, 0.2) is 84.9 Å². The maximum atomic E-state index is 12.5. The molecule has 4 rings (SSSR count). The van der Waals surface area contributed by atoms with Gasteiger partial charge in [-0.05, 0) is 61.7 Å². The fraction of sp³-hybridized carbons (Fsp3) is 0.207. The van der Waals surface area contributed by atoms with E-state index in [1.54, 1.807) is 6.07 Å². The minimum Gasteiger partial charge on any atom is -0.457 e. The number of rotatable bonds is 10. The molecular weight excluding hydrogens is 468 g/mol. The molecule has 1 heterocycles. The molecule has 0 bridgehead atoms. The summed E-state index contributed by atoms with van der Waals surface area (Å²) < 4.78 is 5.83. The van der Waals surface area contributed by atoms with Crippen molar-refractivity contribution in [2.75, 3.05) is 0 Å². The molecule has 3 amide bonds. The van der Waals surface area contributed by atoms with Gasteiger partial charge in [-0.3, -0.25) is 25.2 Å². The van der Waals surface area contributed by atoms with Crippen molar-refractivity contribution in [3.63, 3.8) is 0 Å². The molecule has 4 N–H and O–H groups in total. The van der Waals surface area contributed by atoms with Gasteiger partial charge in [-0.15, -0.1) is 0 Å². The second-order valence-electron chi connectivity index (χ2n) is 8.84. The zero-order chi connectivity index (χ0) is 26.0. The van der Waals surface area contributed by atoms with Gasteiger partial charge in [0, 0.05) is 29.8 Å². The Morgan fingerprint density at radius 3 is 2.27 bits per heavy atom. The van der Waals surface area contributed by atoms with Crippen LogP contribution in [0.5, 0.6) is 11.5 Å². The monoisotopic (exact) mass is 498 g/mol. The zero-order valence-corrected chi connectivity index (χ0v) is 20.6. The molecule has 4 aromatic rings. The number of benzene rings is 3. The van der Waals surface area contributed by atoms with Crippen LogP contribution in [0.1, 0.15) is 42.2 Å². The normalized spacial score (nSPS) is 11.5. The topological polar surface area (TPSA) is 112 Å². The van der Waals surface area contributed by atoms with Gasteiger partial charge in [-0.1, -0.05) is 48.5 Å². The number of carbonyl (C=O) groups is 3. The maximum absolute atomic E-state index is 12.5. The molecule has 0 aliphatic heterocycles. The van der Waals surface area contributed by atoms with E-state index in [0.717, 1.165) is 23.7 Å². The lowest BCUT2D eigenvalue weighted by Crippen LogP contribution is -2.42. The summed E-state index contributed by atoms with van der Waals surface area (Å²) in [6.45, 7) is 1.94. The van der Waals surface area contributed by atoms with Crippen molar-refractivity contribution < 1.29 is 19.1 Å². The average molecular weight is 499 g/mol. The minimum atomic E-state index is -0.492. The summed E-state index contributed by atoms with van der Waals surface area (Å²) in [6, 6.07) is 26.6. The third kappa shape index (κ3) is 7.70. The highest BCUT2D eigenvalue weighted by molar-refractivity contribution is 5.99. The van der Waals surface area contributed by atoms with E-state index in [1.807, 2.05) is 73.7 Å². The molecule has 0 fully saturated rings. The molecule has 3 aromatic carbocycles. The number of aryl methyl sites for hydroxylation is 1. The zero-order valence-electron chi connectivity index (χ0n) is 20.6. The van der Waals surface area contributed by atoms with E-state index in [0.29, 0.717) is 11.5 Å². The summed E-state index contributed by atoms with van der Waals surface area (Å²) in [5.41, 5.74) is 7.01. The molecule has 0 aliphatic carbocycles. The Hall–Kier alpha value is -4.59. The predicted octanol–water partition coefficient (Wildman–Crippen LogP) is 4.64. The van der Waals surface area contributed by atoms with Crippen molar-refractivity contribution in [3.05, 3.63) is 96.2 Å². The molecule has 1 aromatic heterocycles. The first kappa shape index (κ1) is 25.5. The number of para-hydroxylation sites is 1. The summed E-state index contributed by atoms with van der Waals surface area (Å²) in [5.74, 6) is 0.217. The van der Waals surface area contributed by atoms with E-state index < -0.39 is 11.8 Å². The van der Waals surface area contributed by atoms with Crippen LogP contribution in [-0.4, -0.2) is 28.7 Å². The molecular formula is C29H30N4O4. The number of amides is 3. The number of nitrogens with one attached hydrogen (secondary N) is 4. The highest BCUT2D eigenvalue weighted by Gasteiger charge is 2.13. The molecule has 8 nitrogen and oxygen atoms in total. The van der Waals surface area contributed by atoms with E-state index in [-0.39, 0.29) is 30.5 Å². The van der Waals surface area contributed by atoms with Crippen molar-refractivity contribution in [1.29, 1.82) is 0 Å². The van der Waals surface area contributed by atoms with Crippen LogP contribution in [0.3, 0.4) is 0 Å². The number of hydrazine groups is 1. The number of carbonyl (C=O) groups excluding carboxylic acids is 3. The maximum Gasteiger partial charge on any atom is 0.286 e. The van der Waals surface area contributed by atoms with E-state index >= 15 is 0 Å². The Kier molecular flexibility index (Phi) is 8.54. The number of aromatic nitrogens is 1. The third-order valence-electron chi connectivity index (χ3n) is 5.83. The Balaban J connectivity index is 1.19. The first-order valence-electron chi connectivity index (χ1n) is 12.2. The van der Waals surface area contributed by atoms with Crippen molar-refractivity contribution in [2.45, 2.75) is 38.6 Å². The number of H-pyrrole nitrogens is 1. The highest BCUT2D eigenvalue weighted by atomic mass is 16.5. The Morgan fingerprint density at radius 2 is 1.51 bits per heavy atom. The van der Waals surface area contributed by atoms with E-state index in [1.165, 1.54) is 5.56 Å². The van der Waals surface area contributed by atoms with Gasteiger partial charge in [0.05, 0.1) is 0 Å². The van der Waals surface area contributed by atoms with Gasteiger partial charge in [-0.2, -0.15) is 0 Å². The van der Waals surface area contributed by atoms with Gasteiger partial charge >= 0.3 is 0 Å². The fourth-order valence-corrected chi connectivity index (χ4v) is 3.85. The number of hydrogen-bond donors (Lipinski definition) is 4. The van der Waals surface area contributed by atoms with Crippen LogP contribution >= 0.6 is 0 Å². The highest BCUT2D eigenvalue weighted by Crippen LogP contribution is 2.26. The number of aromatic amines is 1. The van der Waals surface area contributed by atoms with Crippen molar-refractivity contribution in [1.82, 2.24) is 21.2 Å². The summed E-state index contributed by atoms with van der Waals surface area (Å²) in [6.07, 6.45) is 1.67. The molecule has 37 heavy (non-hydrogen) atoms. The quantitative estimate of drug-likeness (QED) is 0.239. The first-order valence-corrected chi connectivity index (χ1v) is 12.2. The fourth-order valence-electron chi connectivity index (χ4n) is 3.85. The molecule has 0 saturated heterocycles. The lowest BCUT2D eigenvalue weighted by molar-refractivity contribution is -0.127. The van der Waals surface area contributed by atoms with Crippen LogP contribution < -0.4 is 20.9 Å². The van der Waals surface area contributed by atoms with Gasteiger partial charge in [-0.25, -0.2) is 0 Å². The summed E-state index contributed by atoms with van der Waals surface area (Å²) in [5, 5.41) is 3.70. The second kappa shape index (κ2) is 12.4. The van der Waals surface area contributed by atoms with Crippen molar-refractivity contribution in [3.8, 4) is 11.5 Å². The lowest BCUT2D eigenvalue weighted by Gasteiger charge is -2.14. The number of ether oxygens (including phenoxy) is 1. The van der Waals surface area contributed by atoms with E-state index in [9.17, 15) is 14.4 Å². The largest absolute Gasteiger partial charge is 0.457 e. The van der Waals surface area contributed by atoms with E-state index in [2.05, 4.69) is 33.3 Å². The van der Waals surface area contributed by atoms with Crippen molar-refractivity contribution >= 4 is 28.6 Å². The van der Waals surface area contributed by atoms with Crippen LogP contribution in [0.2, 0.25) is 0 Å².